The topological polar surface area (TPSA) is 0 Å². The summed E-state index contributed by atoms with van der Waals surface area (Å²) in [6, 6.07) is 29.1. The van der Waals surface area contributed by atoms with Gasteiger partial charge in [0.25, 0.3) is 0 Å². The van der Waals surface area contributed by atoms with Crippen LogP contribution < -0.4 is 0 Å². The van der Waals surface area contributed by atoms with E-state index in [1.807, 2.05) is 60.7 Å². The van der Waals surface area contributed by atoms with Crippen molar-refractivity contribution in [3.63, 3.8) is 0 Å². The molecule has 0 saturated carbocycles. The average molecular weight is 354 g/mol. The first kappa shape index (κ1) is 16.4. The lowest BCUT2D eigenvalue weighted by Crippen LogP contribution is -1.89. The van der Waals surface area contributed by atoms with Crippen LogP contribution in [0.3, 0.4) is 0 Å². The molecule has 0 nitrogen and oxygen atoms in total. The predicted molar refractivity (Wildman–Crippen MR) is 116 cm³/mol. The van der Waals surface area contributed by atoms with Crippen molar-refractivity contribution in [2.24, 2.45) is 0 Å². The number of hydrogen-bond acceptors (Lipinski definition) is 0. The van der Waals surface area contributed by atoms with E-state index in [0.717, 1.165) is 35.1 Å². The van der Waals surface area contributed by atoms with Gasteiger partial charge in [-0.15, -0.1) is 0 Å². The van der Waals surface area contributed by atoms with Gasteiger partial charge < -0.3 is 0 Å². The Labute approximate surface area is 165 Å². The van der Waals surface area contributed by atoms with Crippen LogP contribution in [0.1, 0.15) is 33.4 Å². The second-order valence-electron chi connectivity index (χ2n) is 7.03. The molecule has 130 valence electrons. The van der Waals surface area contributed by atoms with Crippen LogP contribution in [-0.4, -0.2) is 0 Å². The molecule has 0 spiro atoms. The fraction of sp³-hybridized carbons (Fsp3) is 0.0714. The molecule has 0 aromatic heterocycles. The Kier molecular flexibility index (Phi) is 4.17. The van der Waals surface area contributed by atoms with Crippen LogP contribution in [-0.2, 0) is 12.8 Å². The van der Waals surface area contributed by atoms with E-state index >= 15 is 0 Å². The second-order valence-corrected chi connectivity index (χ2v) is 7.03. The summed E-state index contributed by atoms with van der Waals surface area (Å²) in [6.45, 7) is 0. The minimum atomic E-state index is 1.03. The molecule has 0 N–H and O–H groups in total. The highest BCUT2D eigenvalue weighted by Gasteiger charge is 2.17. The maximum absolute atomic E-state index is 3.41. The van der Waals surface area contributed by atoms with Gasteiger partial charge in [-0.3, -0.25) is 0 Å². The van der Waals surface area contributed by atoms with Crippen molar-refractivity contribution in [2.75, 3.05) is 0 Å². The highest BCUT2D eigenvalue weighted by atomic mass is 14.2. The molecule has 0 unspecified atom stereocenters. The van der Waals surface area contributed by atoms with Gasteiger partial charge >= 0.3 is 0 Å². The van der Waals surface area contributed by atoms with Crippen LogP contribution in [0.4, 0.5) is 0 Å². The molecule has 0 saturated heterocycles. The van der Waals surface area contributed by atoms with Gasteiger partial charge in [0.2, 0.25) is 0 Å². The van der Waals surface area contributed by atoms with Crippen molar-refractivity contribution in [2.45, 2.75) is 12.8 Å². The normalized spacial score (nSPS) is 11.4. The Hall–Kier alpha value is -3.74. The molecule has 0 atom stereocenters. The van der Waals surface area contributed by atoms with E-state index < -0.39 is 0 Å². The highest BCUT2D eigenvalue weighted by molar-refractivity contribution is 5.99. The first-order chi connectivity index (χ1) is 13.9. The Morgan fingerprint density at radius 1 is 0.429 bits per heavy atom. The highest BCUT2D eigenvalue weighted by Crippen LogP contribution is 2.34. The monoisotopic (exact) mass is 354 g/mol. The smallest absolute Gasteiger partial charge is 0.0340 e. The molecule has 28 heavy (non-hydrogen) atoms. The van der Waals surface area contributed by atoms with Gasteiger partial charge in [0, 0.05) is 27.6 Å². The van der Waals surface area contributed by atoms with E-state index in [4.69, 9.17) is 0 Å². The quantitative estimate of drug-likeness (QED) is 0.353. The van der Waals surface area contributed by atoms with Crippen LogP contribution in [0, 0.1) is 23.7 Å². The summed E-state index contributed by atoms with van der Waals surface area (Å²) < 4.78 is 0. The summed E-state index contributed by atoms with van der Waals surface area (Å²) in [6.07, 6.45) is 2.21. The summed E-state index contributed by atoms with van der Waals surface area (Å²) >= 11 is 0. The molecule has 0 heterocycles. The van der Waals surface area contributed by atoms with Crippen molar-refractivity contribution in [3.8, 4) is 23.7 Å². The average Bonchev–Trinajstić information content (AvgIpc) is 3.18. The number of hydrogen-bond donors (Lipinski definition) is 0. The SMILES string of the molecule is C(#Cc1ccc2c3c(ccc(C#Cc4ccccc4)c13)CC2)c1ccccc1. The van der Waals surface area contributed by atoms with Crippen LogP contribution in [0.25, 0.3) is 10.8 Å². The first-order valence-electron chi connectivity index (χ1n) is 9.60. The molecule has 4 aromatic rings. The van der Waals surface area contributed by atoms with Gasteiger partial charge in [-0.1, -0.05) is 72.2 Å². The van der Waals surface area contributed by atoms with E-state index in [1.54, 1.807) is 0 Å². The summed E-state index contributed by atoms with van der Waals surface area (Å²) in [5.41, 5.74) is 7.01. The van der Waals surface area contributed by atoms with E-state index in [0.29, 0.717) is 0 Å². The van der Waals surface area contributed by atoms with Gasteiger partial charge in [-0.05, 0) is 65.8 Å². The number of rotatable bonds is 0. The van der Waals surface area contributed by atoms with Crippen molar-refractivity contribution < 1.29 is 0 Å². The third-order valence-corrected chi connectivity index (χ3v) is 5.23. The minimum Gasteiger partial charge on any atom is -0.0622 e. The number of benzene rings is 4. The van der Waals surface area contributed by atoms with Gasteiger partial charge in [-0.25, -0.2) is 0 Å². The van der Waals surface area contributed by atoms with Crippen molar-refractivity contribution in [1.82, 2.24) is 0 Å². The van der Waals surface area contributed by atoms with Gasteiger partial charge in [0.1, 0.15) is 0 Å². The largest absolute Gasteiger partial charge is 0.0622 e. The van der Waals surface area contributed by atoms with Crippen LogP contribution in [0.2, 0.25) is 0 Å². The molecule has 0 bridgehead atoms. The maximum atomic E-state index is 3.41. The molecule has 1 aliphatic rings. The van der Waals surface area contributed by atoms with Crippen LogP contribution in [0.5, 0.6) is 0 Å². The van der Waals surface area contributed by atoms with Crippen LogP contribution >= 0.6 is 0 Å². The molecule has 0 heteroatoms. The van der Waals surface area contributed by atoms with Gasteiger partial charge in [-0.2, -0.15) is 0 Å². The third-order valence-electron chi connectivity index (χ3n) is 5.23. The fourth-order valence-electron chi connectivity index (χ4n) is 3.86. The Morgan fingerprint density at radius 3 is 1.36 bits per heavy atom. The predicted octanol–water partition coefficient (Wildman–Crippen LogP) is 5.74. The zero-order valence-electron chi connectivity index (χ0n) is 15.5. The summed E-state index contributed by atoms with van der Waals surface area (Å²) in [5.74, 6) is 13.4. The van der Waals surface area contributed by atoms with Gasteiger partial charge in [0.15, 0.2) is 0 Å². The maximum Gasteiger partial charge on any atom is 0.0340 e. The second kappa shape index (κ2) is 7.11. The van der Waals surface area contributed by atoms with Crippen LogP contribution in [0.15, 0.2) is 84.9 Å². The molecule has 0 amide bonds. The number of aryl methyl sites for hydroxylation is 2. The zero-order valence-corrected chi connectivity index (χ0v) is 15.5. The molecule has 5 rings (SSSR count). The lowest BCUT2D eigenvalue weighted by Gasteiger charge is -2.07. The molecular formula is C28H18. The Balaban J connectivity index is 1.70. The molecule has 0 radical (unpaired) electrons. The first-order valence-corrected chi connectivity index (χ1v) is 9.60. The summed E-state index contributed by atoms with van der Waals surface area (Å²) in [7, 11) is 0. The fourth-order valence-corrected chi connectivity index (χ4v) is 3.86. The zero-order chi connectivity index (χ0) is 18.8. The van der Waals surface area contributed by atoms with Crippen molar-refractivity contribution in [1.29, 1.82) is 0 Å². The molecule has 0 aliphatic heterocycles. The third kappa shape index (κ3) is 3.07. The Morgan fingerprint density at radius 2 is 0.893 bits per heavy atom. The van der Waals surface area contributed by atoms with Crippen molar-refractivity contribution >= 4 is 10.8 Å². The van der Waals surface area contributed by atoms with E-state index in [1.165, 1.54) is 21.9 Å². The van der Waals surface area contributed by atoms with E-state index in [-0.39, 0.29) is 0 Å². The lowest BCUT2D eigenvalue weighted by atomic mass is 9.95. The lowest BCUT2D eigenvalue weighted by molar-refractivity contribution is 1.02. The van der Waals surface area contributed by atoms with E-state index in [9.17, 15) is 0 Å². The summed E-state index contributed by atoms with van der Waals surface area (Å²) in [4.78, 5) is 0. The van der Waals surface area contributed by atoms with E-state index in [2.05, 4.69) is 47.9 Å². The minimum absolute atomic E-state index is 1.03. The van der Waals surface area contributed by atoms with Gasteiger partial charge in [0.05, 0.1) is 0 Å². The van der Waals surface area contributed by atoms with Crippen molar-refractivity contribution in [3.05, 3.63) is 118 Å². The Bertz CT molecular complexity index is 1190. The molecule has 4 aromatic carbocycles. The standard InChI is InChI=1S/C28H18/c1-3-7-21(8-4-1)11-13-23-15-17-25-19-20-26-18-16-24(27(23)28(25)26)14-12-22-9-5-2-6-10-22/h1-10,15-18H,19-20H2. The molecule has 0 fully saturated rings. The molecular weight excluding hydrogens is 336 g/mol. The summed E-state index contributed by atoms with van der Waals surface area (Å²) in [5, 5.41) is 2.57. The molecule has 1 aliphatic carbocycles.